The topological polar surface area (TPSA) is 141 Å². The van der Waals surface area contributed by atoms with Crippen molar-refractivity contribution in [3.8, 4) is 28.4 Å². The molecule has 66 heavy (non-hydrogen) atoms. The van der Waals surface area contributed by atoms with Crippen LogP contribution in [0.15, 0.2) is 152 Å². The molecule has 11 heteroatoms. The number of esters is 3. The van der Waals surface area contributed by atoms with Crippen LogP contribution in [-0.2, 0) is 46.9 Å². The van der Waals surface area contributed by atoms with Gasteiger partial charge in [-0.15, -0.1) is 0 Å². The van der Waals surface area contributed by atoms with Gasteiger partial charge in [0.25, 0.3) is 0 Å². The summed E-state index contributed by atoms with van der Waals surface area (Å²) in [5.41, 5.74) is 9.77. The molecule has 11 nitrogen and oxygen atoms in total. The van der Waals surface area contributed by atoms with Gasteiger partial charge < -0.3 is 28.4 Å². The standard InChI is InChI=1S/C55H46O11/c1-61-53(58)43-17-9-36(10-18-43)33-64-50-23-15-39(27-47(50)31-56)25-41-29-46(26-40-16-24-51(48(28-40)32-57)65-34-37-11-19-44(20-12-37)54(59)62-2)52(49(30-41)42-7-5-4-6-8-42)66-35-38-13-21-45(22-14-38)55(60)63-3/h4-24,27-32H,25-26,33-35H2,1-3H3. The lowest BCUT2D eigenvalue weighted by Gasteiger charge is -2.20. The first-order valence-corrected chi connectivity index (χ1v) is 21.0. The molecule has 0 aliphatic carbocycles. The summed E-state index contributed by atoms with van der Waals surface area (Å²) in [6.07, 6.45) is 2.38. The molecule has 0 saturated heterocycles. The average molecular weight is 883 g/mol. The molecule has 0 spiro atoms. The van der Waals surface area contributed by atoms with E-state index in [1.165, 1.54) is 21.3 Å². The first kappa shape index (κ1) is 45.7. The number of benzene rings is 7. The Bertz CT molecular complexity index is 2830. The highest BCUT2D eigenvalue weighted by atomic mass is 16.5. The lowest BCUT2D eigenvalue weighted by molar-refractivity contribution is 0.0592. The number of methoxy groups -OCH3 is 3. The molecule has 332 valence electrons. The van der Waals surface area contributed by atoms with Crippen molar-refractivity contribution in [1.29, 1.82) is 0 Å². The monoisotopic (exact) mass is 882 g/mol. The number of hydrogen-bond donors (Lipinski definition) is 0. The fourth-order valence-corrected chi connectivity index (χ4v) is 7.35. The smallest absolute Gasteiger partial charge is 0.337 e. The highest BCUT2D eigenvalue weighted by Gasteiger charge is 2.18. The zero-order valence-electron chi connectivity index (χ0n) is 36.6. The van der Waals surface area contributed by atoms with E-state index < -0.39 is 17.9 Å². The third-order valence-corrected chi connectivity index (χ3v) is 10.8. The number of hydrogen-bond acceptors (Lipinski definition) is 11. The maximum atomic E-state index is 12.5. The summed E-state index contributed by atoms with van der Waals surface area (Å²) in [4.78, 5) is 60.8. The molecule has 0 unspecified atom stereocenters. The van der Waals surface area contributed by atoms with E-state index in [1.807, 2.05) is 60.7 Å². The van der Waals surface area contributed by atoms with E-state index in [9.17, 15) is 24.0 Å². The highest BCUT2D eigenvalue weighted by Crippen LogP contribution is 2.38. The predicted octanol–water partition coefficient (Wildman–Crippen LogP) is 10.3. The normalized spacial score (nSPS) is 10.7. The zero-order chi connectivity index (χ0) is 46.4. The number of aldehydes is 2. The van der Waals surface area contributed by atoms with Crippen molar-refractivity contribution in [1.82, 2.24) is 0 Å². The van der Waals surface area contributed by atoms with Crippen molar-refractivity contribution in [2.75, 3.05) is 21.3 Å². The van der Waals surface area contributed by atoms with E-state index in [0.717, 1.165) is 62.6 Å². The lowest BCUT2D eigenvalue weighted by atomic mass is 9.91. The van der Waals surface area contributed by atoms with Gasteiger partial charge in [-0.05, 0) is 118 Å². The van der Waals surface area contributed by atoms with Gasteiger partial charge >= 0.3 is 17.9 Å². The van der Waals surface area contributed by atoms with E-state index in [-0.39, 0.29) is 19.8 Å². The van der Waals surface area contributed by atoms with E-state index in [1.54, 1.807) is 78.9 Å². The molecule has 0 aliphatic rings. The largest absolute Gasteiger partial charge is 0.488 e. The maximum absolute atomic E-state index is 12.5. The quantitative estimate of drug-likeness (QED) is 0.0435. The Morgan fingerprint density at radius 3 is 1.26 bits per heavy atom. The van der Waals surface area contributed by atoms with Crippen LogP contribution in [0.4, 0.5) is 0 Å². The summed E-state index contributed by atoms with van der Waals surface area (Å²) in [6.45, 7) is 0.557. The Morgan fingerprint density at radius 2 is 0.833 bits per heavy atom. The van der Waals surface area contributed by atoms with E-state index in [0.29, 0.717) is 57.9 Å². The van der Waals surface area contributed by atoms with E-state index >= 15 is 0 Å². The summed E-state index contributed by atoms with van der Waals surface area (Å²) in [5.74, 6) is 0.181. The van der Waals surface area contributed by atoms with Crippen LogP contribution >= 0.6 is 0 Å². The van der Waals surface area contributed by atoms with Crippen LogP contribution in [0, 0.1) is 0 Å². The Balaban J connectivity index is 1.20. The van der Waals surface area contributed by atoms with Crippen LogP contribution in [0.25, 0.3) is 11.1 Å². The van der Waals surface area contributed by atoms with Crippen molar-refractivity contribution < 1.29 is 52.4 Å². The minimum atomic E-state index is -0.434. The fraction of sp³-hybridized carbons (Fsp3) is 0.145. The zero-order valence-corrected chi connectivity index (χ0v) is 36.6. The SMILES string of the molecule is COC(=O)c1ccc(COc2ccc(Cc3cc(Cc4ccc(OCc5ccc(C(=O)OC)cc5)c(C=O)c4)c(OCc4ccc(C(=O)OC)cc4)c(-c4ccccc4)c3)cc2C=O)cc1. The first-order valence-electron chi connectivity index (χ1n) is 21.0. The van der Waals surface area contributed by atoms with Crippen molar-refractivity contribution in [2.24, 2.45) is 0 Å². The van der Waals surface area contributed by atoms with Gasteiger partial charge in [-0.2, -0.15) is 0 Å². The Labute approximate surface area is 382 Å². The van der Waals surface area contributed by atoms with Crippen LogP contribution in [0.3, 0.4) is 0 Å². The summed E-state index contributed by atoms with van der Waals surface area (Å²) >= 11 is 0. The van der Waals surface area contributed by atoms with Crippen LogP contribution in [0.2, 0.25) is 0 Å². The molecule has 7 rings (SSSR count). The maximum Gasteiger partial charge on any atom is 0.337 e. The van der Waals surface area contributed by atoms with Crippen molar-refractivity contribution in [3.05, 3.63) is 218 Å². The highest BCUT2D eigenvalue weighted by molar-refractivity contribution is 5.90. The minimum absolute atomic E-state index is 0.175. The molecular weight excluding hydrogens is 837 g/mol. The number of ether oxygens (including phenoxy) is 6. The second-order valence-corrected chi connectivity index (χ2v) is 15.3. The van der Waals surface area contributed by atoms with Gasteiger partial charge in [0, 0.05) is 12.0 Å². The third kappa shape index (κ3) is 11.4. The molecule has 0 radical (unpaired) electrons. The molecule has 7 aromatic carbocycles. The molecular formula is C55H46O11. The first-order chi connectivity index (χ1) is 32.2. The number of rotatable bonds is 19. The molecule has 0 heterocycles. The van der Waals surface area contributed by atoms with Crippen molar-refractivity contribution in [3.63, 3.8) is 0 Å². The average Bonchev–Trinajstić information content (AvgIpc) is 3.37. The summed E-state index contributed by atoms with van der Waals surface area (Å²) in [5, 5.41) is 0. The van der Waals surface area contributed by atoms with Gasteiger partial charge in [-0.3, -0.25) is 9.59 Å². The summed E-state index contributed by atoms with van der Waals surface area (Å²) in [6, 6.07) is 45.8. The summed E-state index contributed by atoms with van der Waals surface area (Å²) < 4.78 is 33.3. The van der Waals surface area contributed by atoms with E-state index in [2.05, 4.69) is 12.1 Å². The van der Waals surface area contributed by atoms with Crippen LogP contribution in [0.1, 0.15) is 90.7 Å². The van der Waals surface area contributed by atoms with Crippen LogP contribution < -0.4 is 14.2 Å². The second kappa shape index (κ2) is 21.9. The number of carbonyl (C=O) groups excluding carboxylic acids is 5. The van der Waals surface area contributed by atoms with Gasteiger partial charge in [0.05, 0.1) is 49.1 Å². The van der Waals surface area contributed by atoms with Gasteiger partial charge in [0.1, 0.15) is 37.1 Å². The fourth-order valence-electron chi connectivity index (χ4n) is 7.35. The third-order valence-electron chi connectivity index (χ3n) is 10.8. The predicted molar refractivity (Wildman–Crippen MR) is 247 cm³/mol. The van der Waals surface area contributed by atoms with Gasteiger partial charge in [0.2, 0.25) is 0 Å². The Kier molecular flexibility index (Phi) is 15.1. The molecule has 7 aromatic rings. The second-order valence-electron chi connectivity index (χ2n) is 15.3. The molecule has 0 bridgehead atoms. The summed E-state index contributed by atoms with van der Waals surface area (Å²) in [7, 11) is 4.00. The molecule has 0 saturated carbocycles. The molecule has 0 aliphatic heterocycles. The minimum Gasteiger partial charge on any atom is -0.488 e. The Morgan fingerprint density at radius 1 is 0.424 bits per heavy atom. The molecule has 0 fully saturated rings. The molecule has 0 N–H and O–H groups in total. The van der Waals surface area contributed by atoms with Crippen molar-refractivity contribution in [2.45, 2.75) is 32.7 Å². The van der Waals surface area contributed by atoms with Crippen LogP contribution in [-0.4, -0.2) is 51.8 Å². The number of carbonyl (C=O) groups is 5. The molecule has 0 amide bonds. The molecule has 0 atom stereocenters. The van der Waals surface area contributed by atoms with Gasteiger partial charge in [-0.1, -0.05) is 84.9 Å². The van der Waals surface area contributed by atoms with Gasteiger partial charge in [-0.25, -0.2) is 14.4 Å². The van der Waals surface area contributed by atoms with Gasteiger partial charge in [0.15, 0.2) is 12.6 Å². The van der Waals surface area contributed by atoms with Crippen LogP contribution in [0.5, 0.6) is 17.2 Å². The lowest BCUT2D eigenvalue weighted by Crippen LogP contribution is -2.05. The van der Waals surface area contributed by atoms with Crippen molar-refractivity contribution >= 4 is 30.5 Å². The Hall–Kier alpha value is -8.31. The molecule has 0 aromatic heterocycles. The van der Waals surface area contributed by atoms with E-state index in [4.69, 9.17) is 28.4 Å².